The molecular formula is C17H14ClN3O3. The van der Waals surface area contributed by atoms with Crippen molar-refractivity contribution in [2.75, 3.05) is 0 Å². The maximum atomic E-state index is 11.7. The van der Waals surface area contributed by atoms with E-state index in [2.05, 4.69) is 0 Å². The van der Waals surface area contributed by atoms with E-state index in [9.17, 15) is 15.0 Å². The first-order chi connectivity index (χ1) is 11.4. The summed E-state index contributed by atoms with van der Waals surface area (Å²) in [6.07, 6.45) is 0. The van der Waals surface area contributed by atoms with Crippen LogP contribution in [0.5, 0.6) is 5.75 Å². The molecule has 2 aromatic carbocycles. The van der Waals surface area contributed by atoms with Gasteiger partial charge >= 0.3 is 5.97 Å². The zero-order chi connectivity index (χ0) is 17.4. The third-order valence-electron chi connectivity index (χ3n) is 3.76. The number of fused-ring (bicyclic) bond motifs is 1. The second-order valence-corrected chi connectivity index (χ2v) is 5.80. The standard InChI is InChI=1S/C17H14ClN3O3/c18-11-4-5-13-10(6-11)8-14(17(23)24)21(13)15(16(19)20)9-2-1-3-12(22)7-9/h1-8,15,22H,(H3,19,20)(H,23,24). The lowest BCUT2D eigenvalue weighted by molar-refractivity contribution is 0.0685. The molecule has 122 valence electrons. The van der Waals surface area contributed by atoms with Crippen LogP contribution in [0.4, 0.5) is 0 Å². The fraction of sp³-hybridized carbons (Fsp3) is 0.0588. The molecule has 6 nitrogen and oxygen atoms in total. The summed E-state index contributed by atoms with van der Waals surface area (Å²) >= 11 is 5.98. The van der Waals surface area contributed by atoms with E-state index in [1.54, 1.807) is 30.3 Å². The number of aromatic carboxylic acids is 1. The highest BCUT2D eigenvalue weighted by atomic mass is 35.5. The number of hydrogen-bond acceptors (Lipinski definition) is 3. The van der Waals surface area contributed by atoms with Gasteiger partial charge in [-0.15, -0.1) is 0 Å². The number of aromatic nitrogens is 1. The predicted molar refractivity (Wildman–Crippen MR) is 92.1 cm³/mol. The quantitative estimate of drug-likeness (QED) is 0.430. The Morgan fingerprint density at radius 3 is 2.58 bits per heavy atom. The summed E-state index contributed by atoms with van der Waals surface area (Å²) in [5, 5.41) is 28.3. The highest BCUT2D eigenvalue weighted by molar-refractivity contribution is 6.31. The van der Waals surface area contributed by atoms with Crippen molar-refractivity contribution in [1.82, 2.24) is 4.57 Å². The van der Waals surface area contributed by atoms with Crippen LogP contribution in [0.1, 0.15) is 22.1 Å². The van der Waals surface area contributed by atoms with Gasteiger partial charge in [0.15, 0.2) is 0 Å². The van der Waals surface area contributed by atoms with Gasteiger partial charge in [-0.05, 0) is 42.0 Å². The van der Waals surface area contributed by atoms with Gasteiger partial charge in [0, 0.05) is 15.9 Å². The third-order valence-corrected chi connectivity index (χ3v) is 3.99. The average molecular weight is 344 g/mol. The van der Waals surface area contributed by atoms with Crippen molar-refractivity contribution in [3.05, 3.63) is 64.8 Å². The summed E-state index contributed by atoms with van der Waals surface area (Å²) in [6.45, 7) is 0. The number of aromatic hydroxyl groups is 1. The van der Waals surface area contributed by atoms with Crippen LogP contribution in [-0.2, 0) is 0 Å². The van der Waals surface area contributed by atoms with Crippen LogP contribution in [0, 0.1) is 5.41 Å². The normalized spacial score (nSPS) is 12.2. The number of nitrogens with two attached hydrogens (primary N) is 1. The SMILES string of the molecule is N=C(N)C(c1cccc(O)c1)n1c(C(=O)O)cc2cc(Cl)ccc21. The summed E-state index contributed by atoms with van der Waals surface area (Å²) in [4.78, 5) is 11.7. The summed E-state index contributed by atoms with van der Waals surface area (Å²) in [5.74, 6) is -1.38. The lowest BCUT2D eigenvalue weighted by Crippen LogP contribution is -2.28. The Morgan fingerprint density at radius 2 is 1.96 bits per heavy atom. The van der Waals surface area contributed by atoms with E-state index < -0.39 is 12.0 Å². The van der Waals surface area contributed by atoms with E-state index >= 15 is 0 Å². The Morgan fingerprint density at radius 1 is 1.21 bits per heavy atom. The van der Waals surface area contributed by atoms with E-state index in [0.717, 1.165) is 0 Å². The number of phenols is 1. The molecule has 0 spiro atoms. The minimum atomic E-state index is -1.14. The van der Waals surface area contributed by atoms with Gasteiger partial charge in [0.2, 0.25) is 0 Å². The molecule has 0 aliphatic rings. The highest BCUT2D eigenvalue weighted by Crippen LogP contribution is 2.31. The maximum Gasteiger partial charge on any atom is 0.352 e. The molecule has 0 amide bonds. The molecular weight excluding hydrogens is 330 g/mol. The molecule has 0 aliphatic heterocycles. The first-order valence-electron chi connectivity index (χ1n) is 7.05. The topological polar surface area (TPSA) is 112 Å². The zero-order valence-electron chi connectivity index (χ0n) is 12.4. The lowest BCUT2D eigenvalue weighted by Gasteiger charge is -2.21. The Hall–Kier alpha value is -2.99. The molecule has 5 N–H and O–H groups in total. The lowest BCUT2D eigenvalue weighted by atomic mass is 10.0. The number of amidine groups is 1. The molecule has 0 saturated carbocycles. The molecule has 3 rings (SSSR count). The van der Waals surface area contributed by atoms with Crippen LogP contribution in [0.3, 0.4) is 0 Å². The number of phenolic OH excluding ortho intramolecular Hbond substituents is 1. The second-order valence-electron chi connectivity index (χ2n) is 5.36. The Kier molecular flexibility index (Phi) is 3.91. The van der Waals surface area contributed by atoms with Gasteiger partial charge in [0.25, 0.3) is 0 Å². The van der Waals surface area contributed by atoms with Crippen molar-refractivity contribution in [1.29, 1.82) is 5.41 Å². The third kappa shape index (κ3) is 2.68. The van der Waals surface area contributed by atoms with Crippen molar-refractivity contribution >= 4 is 34.3 Å². The average Bonchev–Trinajstić information content (AvgIpc) is 2.86. The van der Waals surface area contributed by atoms with Gasteiger partial charge in [-0.1, -0.05) is 23.7 Å². The highest BCUT2D eigenvalue weighted by Gasteiger charge is 2.25. The van der Waals surface area contributed by atoms with E-state index in [1.807, 2.05) is 0 Å². The van der Waals surface area contributed by atoms with Crippen LogP contribution in [0.15, 0.2) is 48.5 Å². The van der Waals surface area contributed by atoms with E-state index in [1.165, 1.54) is 22.8 Å². The molecule has 1 atom stereocenters. The minimum Gasteiger partial charge on any atom is -0.508 e. The monoisotopic (exact) mass is 343 g/mol. The second kappa shape index (κ2) is 5.90. The van der Waals surface area contributed by atoms with Crippen LogP contribution < -0.4 is 5.73 Å². The number of carbonyl (C=O) groups is 1. The number of halogens is 1. The fourth-order valence-electron chi connectivity index (χ4n) is 2.81. The number of rotatable bonds is 4. The number of nitrogens with one attached hydrogen (secondary N) is 1. The first-order valence-corrected chi connectivity index (χ1v) is 7.43. The number of hydrogen-bond donors (Lipinski definition) is 4. The molecule has 1 heterocycles. The van der Waals surface area contributed by atoms with Crippen molar-refractivity contribution < 1.29 is 15.0 Å². The van der Waals surface area contributed by atoms with Crippen LogP contribution in [0.2, 0.25) is 5.02 Å². The van der Waals surface area contributed by atoms with Crippen molar-refractivity contribution in [2.45, 2.75) is 6.04 Å². The molecule has 0 radical (unpaired) electrons. The van der Waals surface area contributed by atoms with Crippen molar-refractivity contribution in [3.63, 3.8) is 0 Å². The molecule has 1 unspecified atom stereocenters. The van der Waals surface area contributed by atoms with Crippen molar-refractivity contribution in [2.24, 2.45) is 5.73 Å². The van der Waals surface area contributed by atoms with Crippen LogP contribution in [-0.4, -0.2) is 26.6 Å². The van der Waals surface area contributed by atoms with E-state index in [-0.39, 0.29) is 17.3 Å². The first kappa shape index (κ1) is 15.9. The van der Waals surface area contributed by atoms with E-state index in [4.69, 9.17) is 22.7 Å². The van der Waals surface area contributed by atoms with E-state index in [0.29, 0.717) is 21.5 Å². The smallest absolute Gasteiger partial charge is 0.352 e. The Balaban J connectivity index is 2.33. The minimum absolute atomic E-state index is 0.00938. The molecule has 24 heavy (non-hydrogen) atoms. The number of nitrogens with zero attached hydrogens (tertiary/aromatic N) is 1. The molecule has 1 aromatic heterocycles. The molecule has 0 fully saturated rings. The number of carboxylic acids is 1. The zero-order valence-corrected chi connectivity index (χ0v) is 13.2. The number of benzene rings is 2. The van der Waals surface area contributed by atoms with Crippen LogP contribution >= 0.6 is 11.6 Å². The van der Waals surface area contributed by atoms with Gasteiger partial charge < -0.3 is 20.5 Å². The predicted octanol–water partition coefficient (Wildman–Crippen LogP) is 3.22. The summed E-state index contributed by atoms with van der Waals surface area (Å²) < 4.78 is 1.46. The summed E-state index contributed by atoms with van der Waals surface area (Å²) in [5.41, 5.74) is 6.84. The van der Waals surface area contributed by atoms with Gasteiger partial charge in [-0.25, -0.2) is 4.79 Å². The van der Waals surface area contributed by atoms with Gasteiger partial charge in [-0.2, -0.15) is 0 Å². The Labute approximate surface area is 142 Å². The van der Waals surface area contributed by atoms with Gasteiger partial charge in [0.05, 0.1) is 0 Å². The summed E-state index contributed by atoms with van der Waals surface area (Å²) in [7, 11) is 0. The molecule has 7 heteroatoms. The molecule has 0 saturated heterocycles. The molecule has 0 bridgehead atoms. The van der Waals surface area contributed by atoms with Gasteiger partial charge in [-0.3, -0.25) is 5.41 Å². The fourth-order valence-corrected chi connectivity index (χ4v) is 2.99. The van der Waals surface area contributed by atoms with Gasteiger partial charge in [0.1, 0.15) is 23.3 Å². The molecule has 3 aromatic rings. The maximum absolute atomic E-state index is 11.7. The largest absolute Gasteiger partial charge is 0.508 e. The number of carboxylic acid groups (broad SMARTS) is 1. The molecule has 0 aliphatic carbocycles. The van der Waals surface area contributed by atoms with Crippen LogP contribution in [0.25, 0.3) is 10.9 Å². The Bertz CT molecular complexity index is 965. The summed E-state index contributed by atoms with van der Waals surface area (Å²) in [6, 6.07) is 11.9. The van der Waals surface area contributed by atoms with Crippen molar-refractivity contribution in [3.8, 4) is 5.75 Å².